The van der Waals surface area contributed by atoms with Crippen molar-refractivity contribution in [2.24, 2.45) is 0 Å². The molecule has 0 bridgehead atoms. The summed E-state index contributed by atoms with van der Waals surface area (Å²) in [5, 5.41) is 6.99. The zero-order valence-electron chi connectivity index (χ0n) is 15.2. The van der Waals surface area contributed by atoms with Crippen molar-refractivity contribution < 1.29 is 18.0 Å². The summed E-state index contributed by atoms with van der Waals surface area (Å²) in [6, 6.07) is 10.8. The highest BCUT2D eigenvalue weighted by molar-refractivity contribution is 5.94. The number of aromatic nitrogens is 2. The number of ketones is 1. The molecule has 4 nitrogen and oxygen atoms in total. The fourth-order valence-electron chi connectivity index (χ4n) is 3.57. The Bertz CT molecular complexity index is 1020. The van der Waals surface area contributed by atoms with E-state index in [0.29, 0.717) is 23.4 Å². The van der Waals surface area contributed by atoms with E-state index in [1.165, 1.54) is 12.1 Å². The van der Waals surface area contributed by atoms with Crippen LogP contribution in [-0.2, 0) is 19.1 Å². The number of H-pyrrole nitrogens is 1. The Balaban J connectivity index is 1.58. The van der Waals surface area contributed by atoms with E-state index in [0.717, 1.165) is 41.9 Å². The molecule has 0 amide bonds. The van der Waals surface area contributed by atoms with Crippen LogP contribution < -0.4 is 4.90 Å². The van der Waals surface area contributed by atoms with Crippen LogP contribution in [0.2, 0.25) is 0 Å². The van der Waals surface area contributed by atoms with Crippen LogP contribution in [0.15, 0.2) is 48.7 Å². The second-order valence-corrected chi connectivity index (χ2v) is 6.92. The summed E-state index contributed by atoms with van der Waals surface area (Å²) in [6.07, 6.45) is -1.80. The summed E-state index contributed by atoms with van der Waals surface area (Å²) < 4.78 is 38.3. The summed E-state index contributed by atoms with van der Waals surface area (Å²) >= 11 is 0. The number of hydrogen-bond acceptors (Lipinski definition) is 3. The van der Waals surface area contributed by atoms with Gasteiger partial charge in [0.05, 0.1) is 17.5 Å². The summed E-state index contributed by atoms with van der Waals surface area (Å²) in [5.41, 5.74) is 4.51. The van der Waals surface area contributed by atoms with E-state index in [2.05, 4.69) is 15.1 Å². The van der Waals surface area contributed by atoms with Crippen LogP contribution in [-0.4, -0.2) is 22.5 Å². The Kier molecular flexibility index (Phi) is 4.45. The monoisotopic (exact) mass is 385 g/mol. The first kappa shape index (κ1) is 18.3. The standard InChI is InChI=1S/C21H18F3N3O/c1-13(28)15-4-7-19-16(10-15)8-9-27(19)12-17-11-25-26-20(17)14-2-5-18(6-3-14)21(22,23)24/h2-7,10-11H,8-9,12H2,1H3,(H,25,26). The van der Waals surface area contributed by atoms with Gasteiger partial charge in [-0.05, 0) is 54.8 Å². The van der Waals surface area contributed by atoms with Crippen LogP contribution in [0.25, 0.3) is 11.3 Å². The van der Waals surface area contributed by atoms with Crippen molar-refractivity contribution in [3.05, 3.63) is 70.9 Å². The average molecular weight is 385 g/mol. The van der Waals surface area contributed by atoms with E-state index in [1.807, 2.05) is 18.2 Å². The summed E-state index contributed by atoms with van der Waals surface area (Å²) in [7, 11) is 0. The highest BCUT2D eigenvalue weighted by Gasteiger charge is 2.30. The van der Waals surface area contributed by atoms with Crippen LogP contribution in [0, 0.1) is 0 Å². The molecule has 2 heterocycles. The van der Waals surface area contributed by atoms with Crippen LogP contribution >= 0.6 is 0 Å². The van der Waals surface area contributed by atoms with Gasteiger partial charge in [0.15, 0.2) is 5.78 Å². The highest BCUT2D eigenvalue weighted by atomic mass is 19.4. The van der Waals surface area contributed by atoms with E-state index in [-0.39, 0.29) is 5.78 Å². The summed E-state index contributed by atoms with van der Waals surface area (Å²) in [6.45, 7) is 2.95. The number of nitrogens with zero attached hydrogens (tertiary/aromatic N) is 2. The second kappa shape index (κ2) is 6.82. The topological polar surface area (TPSA) is 49.0 Å². The molecule has 7 heteroatoms. The minimum atomic E-state index is -4.35. The van der Waals surface area contributed by atoms with Gasteiger partial charge in [-0.15, -0.1) is 0 Å². The zero-order chi connectivity index (χ0) is 19.9. The van der Waals surface area contributed by atoms with Gasteiger partial charge in [-0.3, -0.25) is 9.89 Å². The smallest absolute Gasteiger partial charge is 0.367 e. The zero-order valence-corrected chi connectivity index (χ0v) is 15.2. The van der Waals surface area contributed by atoms with E-state index in [1.54, 1.807) is 13.1 Å². The molecule has 1 aliphatic heterocycles. The fourth-order valence-corrected chi connectivity index (χ4v) is 3.57. The molecule has 0 fully saturated rings. The molecule has 1 aromatic heterocycles. The van der Waals surface area contributed by atoms with Crippen molar-refractivity contribution in [3.8, 4) is 11.3 Å². The summed E-state index contributed by atoms with van der Waals surface area (Å²) in [4.78, 5) is 13.8. The number of Topliss-reactive ketones (excluding diaryl/α,β-unsaturated/α-hetero) is 1. The van der Waals surface area contributed by atoms with Crippen molar-refractivity contribution in [2.75, 3.05) is 11.4 Å². The maximum atomic E-state index is 12.8. The number of anilines is 1. The molecular weight excluding hydrogens is 367 g/mol. The van der Waals surface area contributed by atoms with Gasteiger partial charge in [-0.2, -0.15) is 18.3 Å². The SMILES string of the molecule is CC(=O)c1ccc2c(c1)CCN2Cc1cn[nH]c1-c1ccc(C(F)(F)F)cc1. The molecular formula is C21H18F3N3O. The predicted molar refractivity (Wildman–Crippen MR) is 100 cm³/mol. The van der Waals surface area contributed by atoms with Gasteiger partial charge in [0.2, 0.25) is 0 Å². The Morgan fingerprint density at radius 1 is 1.18 bits per heavy atom. The van der Waals surface area contributed by atoms with E-state index < -0.39 is 11.7 Å². The third kappa shape index (κ3) is 3.40. The lowest BCUT2D eigenvalue weighted by molar-refractivity contribution is -0.137. The molecule has 28 heavy (non-hydrogen) atoms. The number of benzene rings is 2. The fraction of sp³-hybridized carbons (Fsp3) is 0.238. The summed E-state index contributed by atoms with van der Waals surface area (Å²) in [5.74, 6) is 0.0423. The van der Waals surface area contributed by atoms with Crippen LogP contribution in [0.5, 0.6) is 0 Å². The number of carbonyl (C=O) groups excluding carboxylic acids is 1. The molecule has 0 aliphatic carbocycles. The highest BCUT2D eigenvalue weighted by Crippen LogP contribution is 2.34. The Morgan fingerprint density at radius 2 is 1.93 bits per heavy atom. The van der Waals surface area contributed by atoms with Crippen LogP contribution in [0.3, 0.4) is 0 Å². The van der Waals surface area contributed by atoms with Crippen molar-refractivity contribution in [1.29, 1.82) is 0 Å². The molecule has 1 N–H and O–H groups in total. The van der Waals surface area contributed by atoms with Gasteiger partial charge >= 0.3 is 6.18 Å². The molecule has 144 valence electrons. The molecule has 0 unspecified atom stereocenters. The van der Waals surface area contributed by atoms with Crippen LogP contribution in [0.1, 0.15) is 34.0 Å². The molecule has 0 saturated heterocycles. The number of aromatic amines is 1. The normalized spacial score (nSPS) is 13.6. The lowest BCUT2D eigenvalue weighted by atomic mass is 10.0. The molecule has 3 aromatic rings. The second-order valence-electron chi connectivity index (χ2n) is 6.92. The molecule has 0 atom stereocenters. The number of alkyl halides is 3. The van der Waals surface area contributed by atoms with Gasteiger partial charge in [-0.1, -0.05) is 12.1 Å². The Labute approximate surface area is 160 Å². The van der Waals surface area contributed by atoms with Crippen molar-refractivity contribution in [1.82, 2.24) is 10.2 Å². The van der Waals surface area contributed by atoms with Crippen molar-refractivity contribution in [3.63, 3.8) is 0 Å². The van der Waals surface area contributed by atoms with Gasteiger partial charge in [0.1, 0.15) is 0 Å². The number of halogens is 3. The van der Waals surface area contributed by atoms with E-state index in [9.17, 15) is 18.0 Å². The first-order valence-electron chi connectivity index (χ1n) is 8.91. The van der Waals surface area contributed by atoms with E-state index >= 15 is 0 Å². The Hall–Kier alpha value is -3.09. The molecule has 0 spiro atoms. The maximum absolute atomic E-state index is 12.8. The third-order valence-corrected chi connectivity index (χ3v) is 5.06. The molecule has 4 rings (SSSR count). The number of rotatable bonds is 4. The van der Waals surface area contributed by atoms with Gasteiger partial charge < -0.3 is 4.90 Å². The molecule has 2 aromatic carbocycles. The third-order valence-electron chi connectivity index (χ3n) is 5.06. The number of nitrogens with one attached hydrogen (secondary N) is 1. The predicted octanol–water partition coefficient (Wildman–Crippen LogP) is 4.86. The molecule has 0 radical (unpaired) electrons. The lowest BCUT2D eigenvalue weighted by Gasteiger charge is -2.19. The number of fused-ring (bicyclic) bond motifs is 1. The van der Waals surface area contributed by atoms with Gasteiger partial charge in [-0.25, -0.2) is 0 Å². The van der Waals surface area contributed by atoms with Crippen LogP contribution in [0.4, 0.5) is 18.9 Å². The number of carbonyl (C=O) groups is 1. The number of hydrogen-bond donors (Lipinski definition) is 1. The minimum absolute atomic E-state index is 0.0423. The largest absolute Gasteiger partial charge is 0.416 e. The van der Waals surface area contributed by atoms with Gasteiger partial charge in [0.25, 0.3) is 0 Å². The minimum Gasteiger partial charge on any atom is -0.367 e. The Morgan fingerprint density at radius 3 is 2.61 bits per heavy atom. The lowest BCUT2D eigenvalue weighted by Crippen LogP contribution is -2.19. The van der Waals surface area contributed by atoms with Crippen molar-refractivity contribution >= 4 is 11.5 Å². The molecule has 0 saturated carbocycles. The average Bonchev–Trinajstić information content (AvgIpc) is 3.28. The van der Waals surface area contributed by atoms with Gasteiger partial charge in [0, 0.05) is 29.9 Å². The maximum Gasteiger partial charge on any atom is 0.416 e. The first-order chi connectivity index (χ1) is 13.3. The first-order valence-corrected chi connectivity index (χ1v) is 8.91. The van der Waals surface area contributed by atoms with E-state index in [4.69, 9.17) is 0 Å². The quantitative estimate of drug-likeness (QED) is 0.653. The molecule has 1 aliphatic rings. The van der Waals surface area contributed by atoms with Crippen molar-refractivity contribution in [2.45, 2.75) is 26.1 Å².